The zero-order chi connectivity index (χ0) is 14.7. The first-order chi connectivity index (χ1) is 9.56. The molecule has 0 radical (unpaired) electrons. The second kappa shape index (κ2) is 6.37. The van der Waals surface area contributed by atoms with Crippen LogP contribution < -0.4 is 10.6 Å². The maximum Gasteiger partial charge on any atom is 0.173 e. The molecule has 0 spiro atoms. The van der Waals surface area contributed by atoms with Gasteiger partial charge in [-0.05, 0) is 32.2 Å². The van der Waals surface area contributed by atoms with Gasteiger partial charge in [-0.1, -0.05) is 11.2 Å². The Morgan fingerprint density at radius 1 is 1.40 bits per heavy atom. The van der Waals surface area contributed by atoms with Crippen molar-refractivity contribution in [3.05, 3.63) is 23.8 Å². The molecule has 0 aromatic heterocycles. The summed E-state index contributed by atoms with van der Waals surface area (Å²) >= 11 is 1.59. The number of nitrogens with two attached hydrogens (primary N) is 1. The van der Waals surface area contributed by atoms with Gasteiger partial charge in [-0.3, -0.25) is 0 Å². The van der Waals surface area contributed by atoms with Crippen LogP contribution >= 0.6 is 11.8 Å². The van der Waals surface area contributed by atoms with Gasteiger partial charge in [0, 0.05) is 23.7 Å². The molecule has 1 fully saturated rings. The number of hydrogen-bond donors (Lipinski definition) is 2. The van der Waals surface area contributed by atoms with Crippen molar-refractivity contribution < 1.29 is 9.94 Å². The van der Waals surface area contributed by atoms with Crippen LogP contribution in [0.5, 0.6) is 0 Å². The van der Waals surface area contributed by atoms with Gasteiger partial charge in [-0.2, -0.15) is 0 Å². The van der Waals surface area contributed by atoms with Crippen LogP contribution in [0.2, 0.25) is 0 Å². The van der Waals surface area contributed by atoms with Crippen molar-refractivity contribution in [2.45, 2.75) is 31.0 Å². The van der Waals surface area contributed by atoms with Crippen molar-refractivity contribution in [1.29, 1.82) is 0 Å². The fourth-order valence-corrected chi connectivity index (χ4v) is 3.26. The molecule has 3 N–H and O–H groups in total. The fourth-order valence-electron chi connectivity index (χ4n) is 2.64. The number of oxime groups is 1. The third-order valence-corrected chi connectivity index (χ3v) is 4.13. The highest BCUT2D eigenvalue weighted by Crippen LogP contribution is 2.31. The topological polar surface area (TPSA) is 71.1 Å². The van der Waals surface area contributed by atoms with Crippen LogP contribution in [-0.4, -0.2) is 42.6 Å². The number of rotatable bonds is 3. The largest absolute Gasteiger partial charge is 0.409 e. The third-order valence-electron chi connectivity index (χ3n) is 3.35. The Hall–Kier alpha value is -1.40. The van der Waals surface area contributed by atoms with E-state index in [0.29, 0.717) is 0 Å². The average Bonchev–Trinajstić information content (AvgIpc) is 2.44. The lowest BCUT2D eigenvalue weighted by atomic mass is 10.1. The summed E-state index contributed by atoms with van der Waals surface area (Å²) in [4.78, 5) is 3.25. The first kappa shape index (κ1) is 15.0. The molecule has 1 aromatic carbocycles. The number of nitrogens with zero attached hydrogens (tertiary/aromatic N) is 2. The van der Waals surface area contributed by atoms with Crippen molar-refractivity contribution in [1.82, 2.24) is 0 Å². The van der Waals surface area contributed by atoms with Gasteiger partial charge in [-0.15, -0.1) is 11.8 Å². The summed E-state index contributed by atoms with van der Waals surface area (Å²) < 4.78 is 5.76. The zero-order valence-electron chi connectivity index (χ0n) is 12.0. The van der Waals surface area contributed by atoms with Crippen LogP contribution in [0, 0.1) is 0 Å². The van der Waals surface area contributed by atoms with E-state index in [2.05, 4.69) is 23.9 Å². The third kappa shape index (κ3) is 3.02. The minimum absolute atomic E-state index is 0.150. The minimum Gasteiger partial charge on any atom is -0.409 e. The summed E-state index contributed by atoms with van der Waals surface area (Å²) in [5, 5.41) is 12.2. The predicted octanol–water partition coefficient (Wildman–Crippen LogP) is 2.12. The molecule has 1 aromatic rings. The predicted molar refractivity (Wildman–Crippen MR) is 83.0 cm³/mol. The van der Waals surface area contributed by atoms with Gasteiger partial charge in [0.15, 0.2) is 5.84 Å². The van der Waals surface area contributed by atoms with E-state index in [1.54, 1.807) is 11.8 Å². The standard InChI is InChI=1S/C14H21N3O2S/c1-9-7-17(8-10(2)19-9)11-5-4-6-12(20-3)13(11)14(15)16-18/h4-6,9-10,18H,7-8H2,1-3H3,(H2,15,16)/t9-,10+. The van der Waals surface area contributed by atoms with E-state index in [1.165, 1.54) is 0 Å². The number of anilines is 1. The maximum absolute atomic E-state index is 9.05. The Morgan fingerprint density at radius 2 is 2.05 bits per heavy atom. The molecule has 1 saturated heterocycles. The molecular weight excluding hydrogens is 274 g/mol. The quantitative estimate of drug-likeness (QED) is 0.294. The summed E-state index contributed by atoms with van der Waals surface area (Å²) in [6.45, 7) is 5.72. The second-order valence-electron chi connectivity index (χ2n) is 5.00. The molecule has 0 bridgehead atoms. The molecular formula is C14H21N3O2S. The molecule has 2 rings (SSSR count). The lowest BCUT2D eigenvalue weighted by Gasteiger charge is -2.38. The average molecular weight is 295 g/mol. The van der Waals surface area contributed by atoms with E-state index in [0.717, 1.165) is 29.2 Å². The molecule has 2 atom stereocenters. The summed E-state index contributed by atoms with van der Waals surface area (Å²) in [5.74, 6) is 0.150. The highest BCUT2D eigenvalue weighted by Gasteiger charge is 2.25. The van der Waals surface area contributed by atoms with Gasteiger partial charge in [0.05, 0.1) is 17.8 Å². The molecule has 1 aliphatic rings. The molecule has 0 aliphatic carbocycles. The fraction of sp³-hybridized carbons (Fsp3) is 0.500. The molecule has 1 heterocycles. The first-order valence-electron chi connectivity index (χ1n) is 6.62. The molecule has 110 valence electrons. The highest BCUT2D eigenvalue weighted by atomic mass is 32.2. The summed E-state index contributed by atoms with van der Waals surface area (Å²) in [5.41, 5.74) is 7.67. The van der Waals surface area contributed by atoms with Gasteiger partial charge < -0.3 is 20.6 Å². The first-order valence-corrected chi connectivity index (χ1v) is 7.84. The van der Waals surface area contributed by atoms with E-state index >= 15 is 0 Å². The van der Waals surface area contributed by atoms with Crippen molar-refractivity contribution >= 4 is 23.3 Å². The van der Waals surface area contributed by atoms with E-state index in [9.17, 15) is 0 Å². The number of hydrogen-bond acceptors (Lipinski definition) is 5. The van der Waals surface area contributed by atoms with Crippen LogP contribution in [0.3, 0.4) is 0 Å². The second-order valence-corrected chi connectivity index (χ2v) is 5.85. The number of ether oxygens (including phenoxy) is 1. The molecule has 1 aliphatic heterocycles. The summed E-state index contributed by atoms with van der Waals surface area (Å²) in [6, 6.07) is 5.99. The van der Waals surface area contributed by atoms with Gasteiger partial charge in [-0.25, -0.2) is 0 Å². The van der Waals surface area contributed by atoms with E-state index in [1.807, 2.05) is 24.5 Å². The van der Waals surface area contributed by atoms with Crippen LogP contribution in [0.25, 0.3) is 0 Å². The van der Waals surface area contributed by atoms with Crippen molar-refractivity contribution in [2.75, 3.05) is 24.2 Å². The highest BCUT2D eigenvalue weighted by molar-refractivity contribution is 7.98. The van der Waals surface area contributed by atoms with E-state index in [4.69, 9.17) is 15.7 Å². The Balaban J connectivity index is 2.45. The Morgan fingerprint density at radius 3 is 2.60 bits per heavy atom. The van der Waals surface area contributed by atoms with Gasteiger partial charge >= 0.3 is 0 Å². The van der Waals surface area contributed by atoms with E-state index in [-0.39, 0.29) is 18.0 Å². The zero-order valence-corrected chi connectivity index (χ0v) is 12.9. The Kier molecular flexibility index (Phi) is 4.77. The summed E-state index contributed by atoms with van der Waals surface area (Å²) in [6.07, 6.45) is 2.31. The van der Waals surface area contributed by atoms with Crippen molar-refractivity contribution in [3.63, 3.8) is 0 Å². The molecule has 0 amide bonds. The monoisotopic (exact) mass is 295 g/mol. The minimum atomic E-state index is 0.150. The normalized spacial score (nSPS) is 23.9. The van der Waals surface area contributed by atoms with Gasteiger partial charge in [0.25, 0.3) is 0 Å². The lowest BCUT2D eigenvalue weighted by molar-refractivity contribution is -0.00523. The molecule has 20 heavy (non-hydrogen) atoms. The summed E-state index contributed by atoms with van der Waals surface area (Å²) in [7, 11) is 0. The number of morpholine rings is 1. The maximum atomic E-state index is 9.05. The van der Waals surface area contributed by atoms with Gasteiger partial charge in [0.2, 0.25) is 0 Å². The van der Waals surface area contributed by atoms with Gasteiger partial charge in [0.1, 0.15) is 0 Å². The van der Waals surface area contributed by atoms with Crippen LogP contribution in [0.1, 0.15) is 19.4 Å². The van der Waals surface area contributed by atoms with Crippen LogP contribution in [-0.2, 0) is 4.74 Å². The molecule has 5 nitrogen and oxygen atoms in total. The Labute approximate surface area is 123 Å². The van der Waals surface area contributed by atoms with Crippen LogP contribution in [0.15, 0.2) is 28.3 Å². The number of thioether (sulfide) groups is 1. The number of benzene rings is 1. The molecule has 0 unspecified atom stereocenters. The smallest absolute Gasteiger partial charge is 0.173 e. The number of amidine groups is 1. The van der Waals surface area contributed by atoms with Crippen molar-refractivity contribution in [3.8, 4) is 0 Å². The SMILES string of the molecule is CSc1cccc(N2C[C@@H](C)O[C@@H](C)C2)c1/C(N)=N/O. The van der Waals surface area contributed by atoms with Crippen molar-refractivity contribution in [2.24, 2.45) is 10.9 Å². The Bertz CT molecular complexity index is 497. The molecule has 6 heteroatoms. The lowest BCUT2D eigenvalue weighted by Crippen LogP contribution is -2.46. The molecule has 0 saturated carbocycles. The van der Waals surface area contributed by atoms with E-state index < -0.39 is 0 Å². The van der Waals surface area contributed by atoms with Crippen LogP contribution in [0.4, 0.5) is 5.69 Å².